The maximum atomic E-state index is 10.0. The van der Waals surface area contributed by atoms with Gasteiger partial charge in [-0.1, -0.05) is 42.5 Å². The quantitative estimate of drug-likeness (QED) is 0.717. The Morgan fingerprint density at radius 1 is 0.944 bits per heavy atom. The molecule has 2 aromatic carbocycles. The molecule has 1 N–H and O–H groups in total. The molecular weight excluding hydrogens is 222 g/mol. The fraction of sp³-hybridized carbons (Fsp3) is 0.125. The van der Waals surface area contributed by atoms with Crippen LogP contribution in [0.4, 0.5) is 0 Å². The summed E-state index contributed by atoms with van der Waals surface area (Å²) in [6.07, 6.45) is 2.03. The number of benzene rings is 2. The fourth-order valence-corrected chi connectivity index (χ4v) is 2.41. The zero-order chi connectivity index (χ0) is 12.5. The molecule has 3 rings (SSSR count). The average molecular weight is 237 g/mol. The minimum Gasteiger partial charge on any atom is -0.506 e. The highest BCUT2D eigenvalue weighted by atomic mass is 16.3. The van der Waals surface area contributed by atoms with Crippen LogP contribution >= 0.6 is 0 Å². The van der Waals surface area contributed by atoms with Gasteiger partial charge in [-0.2, -0.15) is 0 Å². The Morgan fingerprint density at radius 2 is 1.72 bits per heavy atom. The summed E-state index contributed by atoms with van der Waals surface area (Å²) in [5.41, 5.74) is 2.13. The van der Waals surface area contributed by atoms with E-state index in [1.54, 1.807) is 6.07 Å². The van der Waals surface area contributed by atoms with Gasteiger partial charge in [0.1, 0.15) is 5.75 Å². The van der Waals surface area contributed by atoms with Crippen LogP contribution in [-0.4, -0.2) is 9.67 Å². The van der Waals surface area contributed by atoms with Crippen LogP contribution in [0.1, 0.15) is 18.5 Å². The number of phenols is 1. The molecule has 3 aromatic rings. The second-order valence-electron chi connectivity index (χ2n) is 4.52. The first kappa shape index (κ1) is 10.9. The Morgan fingerprint density at radius 3 is 2.50 bits per heavy atom. The number of hydrogen-bond donors (Lipinski definition) is 1. The molecule has 1 aromatic heterocycles. The monoisotopic (exact) mass is 237 g/mol. The van der Waals surface area contributed by atoms with Crippen LogP contribution in [0, 0.1) is 0 Å². The molecule has 2 nitrogen and oxygen atoms in total. The Kier molecular flexibility index (Phi) is 2.56. The van der Waals surface area contributed by atoms with Crippen LogP contribution in [0.15, 0.2) is 60.8 Å². The zero-order valence-corrected chi connectivity index (χ0v) is 10.2. The predicted octanol–water partition coefficient (Wildman–Crippen LogP) is 3.96. The van der Waals surface area contributed by atoms with Crippen molar-refractivity contribution in [1.82, 2.24) is 4.57 Å². The van der Waals surface area contributed by atoms with Crippen molar-refractivity contribution < 1.29 is 5.11 Å². The van der Waals surface area contributed by atoms with Gasteiger partial charge < -0.3 is 9.67 Å². The summed E-state index contributed by atoms with van der Waals surface area (Å²) in [5.74, 6) is 0.334. The van der Waals surface area contributed by atoms with E-state index in [1.165, 1.54) is 5.56 Å². The molecule has 0 radical (unpaired) electrons. The lowest BCUT2D eigenvalue weighted by atomic mass is 10.1. The minimum absolute atomic E-state index is 0.206. The standard InChI is InChI=1S/C16H15NO/c1-12(13-6-3-2-4-7-13)17-11-10-14-8-5-9-15(18)16(14)17/h2-12,18H,1H3. The van der Waals surface area contributed by atoms with Gasteiger partial charge in [-0.15, -0.1) is 0 Å². The lowest BCUT2D eigenvalue weighted by molar-refractivity contribution is 0.476. The molecule has 1 atom stereocenters. The Bertz CT molecular complexity index is 670. The number of aromatic nitrogens is 1. The largest absolute Gasteiger partial charge is 0.506 e. The van der Waals surface area contributed by atoms with Crippen LogP contribution < -0.4 is 0 Å². The molecular formula is C16H15NO. The topological polar surface area (TPSA) is 25.2 Å². The predicted molar refractivity (Wildman–Crippen MR) is 73.9 cm³/mol. The third-order valence-electron chi connectivity index (χ3n) is 3.42. The molecule has 0 aliphatic heterocycles. The van der Waals surface area contributed by atoms with Crippen molar-refractivity contribution in [3.8, 4) is 5.75 Å². The summed E-state index contributed by atoms with van der Waals surface area (Å²) < 4.78 is 2.11. The fourth-order valence-electron chi connectivity index (χ4n) is 2.41. The number of hydrogen-bond acceptors (Lipinski definition) is 1. The molecule has 0 saturated carbocycles. The van der Waals surface area contributed by atoms with Gasteiger partial charge in [0.2, 0.25) is 0 Å². The molecule has 1 unspecified atom stereocenters. The summed E-state index contributed by atoms with van der Waals surface area (Å²) in [6, 6.07) is 18.2. The minimum atomic E-state index is 0.206. The zero-order valence-electron chi connectivity index (χ0n) is 10.2. The van der Waals surface area contributed by atoms with Crippen molar-refractivity contribution in [2.24, 2.45) is 0 Å². The van der Waals surface area contributed by atoms with Gasteiger partial charge in [0.15, 0.2) is 0 Å². The van der Waals surface area contributed by atoms with Crippen molar-refractivity contribution in [1.29, 1.82) is 0 Å². The molecule has 0 spiro atoms. The number of fused-ring (bicyclic) bond motifs is 1. The maximum Gasteiger partial charge on any atom is 0.139 e. The van der Waals surface area contributed by atoms with Crippen molar-refractivity contribution >= 4 is 10.9 Å². The number of para-hydroxylation sites is 1. The van der Waals surface area contributed by atoms with E-state index in [1.807, 2.05) is 42.6 Å². The second-order valence-corrected chi connectivity index (χ2v) is 4.52. The van der Waals surface area contributed by atoms with Crippen LogP contribution in [0.25, 0.3) is 10.9 Å². The van der Waals surface area contributed by atoms with Gasteiger partial charge in [-0.05, 0) is 24.6 Å². The third kappa shape index (κ3) is 1.66. The number of phenolic OH excluding ortho intramolecular Hbond substituents is 1. The molecule has 0 amide bonds. The third-order valence-corrected chi connectivity index (χ3v) is 3.42. The molecule has 1 heterocycles. The van der Waals surface area contributed by atoms with E-state index in [0.29, 0.717) is 5.75 Å². The molecule has 2 heteroatoms. The van der Waals surface area contributed by atoms with E-state index in [-0.39, 0.29) is 6.04 Å². The molecule has 0 fully saturated rings. The van der Waals surface area contributed by atoms with Crippen molar-refractivity contribution in [2.45, 2.75) is 13.0 Å². The van der Waals surface area contributed by atoms with Crippen LogP contribution in [0.3, 0.4) is 0 Å². The van der Waals surface area contributed by atoms with Gasteiger partial charge in [0, 0.05) is 11.6 Å². The normalized spacial score (nSPS) is 12.7. The number of rotatable bonds is 2. The summed E-state index contributed by atoms with van der Waals surface area (Å²) >= 11 is 0. The van der Waals surface area contributed by atoms with E-state index < -0.39 is 0 Å². The van der Waals surface area contributed by atoms with E-state index in [9.17, 15) is 5.11 Å². The van der Waals surface area contributed by atoms with E-state index in [4.69, 9.17) is 0 Å². The van der Waals surface area contributed by atoms with E-state index in [0.717, 1.165) is 10.9 Å². The average Bonchev–Trinajstić information content (AvgIpc) is 2.84. The summed E-state index contributed by atoms with van der Waals surface area (Å²) in [6.45, 7) is 2.14. The molecule has 0 aliphatic carbocycles. The Labute approximate surface area is 106 Å². The molecule has 0 bridgehead atoms. The first-order valence-electron chi connectivity index (χ1n) is 6.11. The first-order valence-corrected chi connectivity index (χ1v) is 6.11. The van der Waals surface area contributed by atoms with Crippen molar-refractivity contribution in [3.63, 3.8) is 0 Å². The lowest BCUT2D eigenvalue weighted by Crippen LogP contribution is -2.04. The highest BCUT2D eigenvalue weighted by Gasteiger charge is 2.12. The van der Waals surface area contributed by atoms with Gasteiger partial charge in [-0.3, -0.25) is 0 Å². The van der Waals surface area contributed by atoms with Crippen LogP contribution in [0.2, 0.25) is 0 Å². The van der Waals surface area contributed by atoms with Crippen molar-refractivity contribution in [2.75, 3.05) is 0 Å². The summed E-state index contributed by atoms with van der Waals surface area (Å²) in [4.78, 5) is 0. The SMILES string of the molecule is CC(c1ccccc1)n1ccc2cccc(O)c21. The van der Waals surface area contributed by atoms with Crippen molar-refractivity contribution in [3.05, 3.63) is 66.4 Å². The lowest BCUT2D eigenvalue weighted by Gasteiger charge is -2.16. The molecule has 90 valence electrons. The second kappa shape index (κ2) is 4.22. The van der Waals surface area contributed by atoms with E-state index >= 15 is 0 Å². The van der Waals surface area contributed by atoms with Gasteiger partial charge >= 0.3 is 0 Å². The molecule has 0 aliphatic rings. The summed E-state index contributed by atoms with van der Waals surface area (Å²) in [5, 5.41) is 11.1. The highest BCUT2D eigenvalue weighted by molar-refractivity contribution is 5.85. The van der Waals surface area contributed by atoms with Gasteiger partial charge in [-0.25, -0.2) is 0 Å². The number of aromatic hydroxyl groups is 1. The van der Waals surface area contributed by atoms with E-state index in [2.05, 4.69) is 23.6 Å². The number of nitrogens with zero attached hydrogens (tertiary/aromatic N) is 1. The van der Waals surface area contributed by atoms with Gasteiger partial charge in [0.05, 0.1) is 11.6 Å². The highest BCUT2D eigenvalue weighted by Crippen LogP contribution is 2.30. The van der Waals surface area contributed by atoms with Gasteiger partial charge in [0.25, 0.3) is 0 Å². The smallest absolute Gasteiger partial charge is 0.139 e. The van der Waals surface area contributed by atoms with Crippen LogP contribution in [0.5, 0.6) is 5.75 Å². The molecule has 18 heavy (non-hydrogen) atoms. The molecule has 0 saturated heterocycles. The summed E-state index contributed by atoms with van der Waals surface area (Å²) in [7, 11) is 0. The Hall–Kier alpha value is -2.22. The Balaban J connectivity index is 2.15. The first-order chi connectivity index (χ1) is 8.77. The van der Waals surface area contributed by atoms with Crippen LogP contribution in [-0.2, 0) is 0 Å². The maximum absolute atomic E-state index is 10.0.